The van der Waals surface area contributed by atoms with Crippen molar-refractivity contribution in [3.05, 3.63) is 56.7 Å². The van der Waals surface area contributed by atoms with Gasteiger partial charge in [-0.15, -0.1) is 11.3 Å². The number of nitrogens with zero attached hydrogens (tertiary/aromatic N) is 5. The number of amides is 1. The fourth-order valence-corrected chi connectivity index (χ4v) is 7.11. The SMILES string of the molecule is Cc1cccc(-c2nc(N3CCC4(CN(C(=O)O)C4)C3)nc3c2CC[C@@H](c2scnc2C)C3)c1C. The molecular formula is C27H31N5O2S. The van der Waals surface area contributed by atoms with Gasteiger partial charge in [0.15, 0.2) is 0 Å². The predicted molar refractivity (Wildman–Crippen MR) is 137 cm³/mol. The summed E-state index contributed by atoms with van der Waals surface area (Å²) in [5, 5.41) is 9.31. The molecule has 0 unspecified atom stereocenters. The first kappa shape index (κ1) is 22.5. The van der Waals surface area contributed by atoms with Crippen LogP contribution in [0.25, 0.3) is 11.3 Å². The molecule has 2 fully saturated rings. The van der Waals surface area contributed by atoms with Crippen molar-refractivity contribution in [2.75, 3.05) is 31.1 Å². The van der Waals surface area contributed by atoms with E-state index in [9.17, 15) is 9.90 Å². The Hall–Kier alpha value is -3.00. The molecule has 2 saturated heterocycles. The maximum absolute atomic E-state index is 11.3. The highest BCUT2D eigenvalue weighted by Crippen LogP contribution is 2.43. The van der Waals surface area contributed by atoms with Gasteiger partial charge in [0.2, 0.25) is 5.95 Å². The van der Waals surface area contributed by atoms with E-state index in [1.807, 2.05) is 5.51 Å². The van der Waals surface area contributed by atoms with Crippen LogP contribution in [-0.4, -0.2) is 57.2 Å². The van der Waals surface area contributed by atoms with Crippen molar-refractivity contribution in [1.82, 2.24) is 19.9 Å². The number of anilines is 1. The second kappa shape index (κ2) is 8.29. The fraction of sp³-hybridized carbons (Fsp3) is 0.481. The topological polar surface area (TPSA) is 82.5 Å². The van der Waals surface area contributed by atoms with Crippen molar-refractivity contribution < 1.29 is 9.90 Å². The van der Waals surface area contributed by atoms with Crippen LogP contribution in [0.1, 0.15) is 51.7 Å². The third kappa shape index (κ3) is 3.78. The lowest BCUT2D eigenvalue weighted by molar-refractivity contribution is 0.0251. The van der Waals surface area contributed by atoms with Crippen LogP contribution in [0.2, 0.25) is 0 Å². The first-order valence-corrected chi connectivity index (χ1v) is 13.3. The van der Waals surface area contributed by atoms with E-state index in [4.69, 9.17) is 9.97 Å². The number of benzene rings is 1. The molecular weight excluding hydrogens is 458 g/mol. The van der Waals surface area contributed by atoms with E-state index in [-0.39, 0.29) is 5.41 Å². The summed E-state index contributed by atoms with van der Waals surface area (Å²) >= 11 is 1.76. The minimum Gasteiger partial charge on any atom is -0.465 e. The molecule has 1 aromatic carbocycles. The molecule has 8 heteroatoms. The van der Waals surface area contributed by atoms with Crippen molar-refractivity contribution in [2.45, 2.75) is 52.4 Å². The van der Waals surface area contributed by atoms with E-state index >= 15 is 0 Å². The van der Waals surface area contributed by atoms with E-state index in [0.717, 1.165) is 61.8 Å². The molecule has 3 aromatic rings. The number of thiazole rings is 1. The van der Waals surface area contributed by atoms with E-state index in [2.05, 4.69) is 48.9 Å². The molecule has 2 aromatic heterocycles. The zero-order valence-corrected chi connectivity index (χ0v) is 21.4. The summed E-state index contributed by atoms with van der Waals surface area (Å²) in [4.78, 5) is 31.4. The van der Waals surface area contributed by atoms with Crippen molar-refractivity contribution in [1.29, 1.82) is 0 Å². The van der Waals surface area contributed by atoms with Crippen LogP contribution in [-0.2, 0) is 12.8 Å². The second-order valence-electron chi connectivity index (χ2n) is 10.6. The maximum atomic E-state index is 11.3. The van der Waals surface area contributed by atoms with Crippen LogP contribution < -0.4 is 4.90 Å². The Balaban J connectivity index is 1.38. The molecule has 1 aliphatic carbocycles. The number of carboxylic acid groups (broad SMARTS) is 1. The average molecular weight is 490 g/mol. The monoisotopic (exact) mass is 489 g/mol. The summed E-state index contributed by atoms with van der Waals surface area (Å²) < 4.78 is 0. The molecule has 0 radical (unpaired) electrons. The van der Waals surface area contributed by atoms with Crippen LogP contribution in [0.3, 0.4) is 0 Å². The molecule has 0 bridgehead atoms. The van der Waals surface area contributed by atoms with Crippen molar-refractivity contribution in [2.24, 2.45) is 5.41 Å². The highest BCUT2D eigenvalue weighted by molar-refractivity contribution is 7.09. The molecule has 6 rings (SSSR count). The zero-order valence-electron chi connectivity index (χ0n) is 20.5. The minimum atomic E-state index is -0.819. The molecule has 35 heavy (non-hydrogen) atoms. The van der Waals surface area contributed by atoms with Crippen LogP contribution in [0.4, 0.5) is 10.7 Å². The summed E-state index contributed by atoms with van der Waals surface area (Å²) in [6.07, 6.45) is 3.14. The van der Waals surface area contributed by atoms with E-state index in [1.54, 1.807) is 11.3 Å². The van der Waals surface area contributed by atoms with Crippen molar-refractivity contribution in [3.63, 3.8) is 0 Å². The molecule has 1 spiro atoms. The van der Waals surface area contributed by atoms with Gasteiger partial charge in [0.1, 0.15) is 0 Å². The molecule has 182 valence electrons. The maximum Gasteiger partial charge on any atom is 0.407 e. The second-order valence-corrected chi connectivity index (χ2v) is 11.5. The Morgan fingerprint density at radius 2 is 2.00 bits per heavy atom. The van der Waals surface area contributed by atoms with Crippen molar-refractivity contribution in [3.8, 4) is 11.3 Å². The predicted octanol–water partition coefficient (Wildman–Crippen LogP) is 4.99. The molecule has 1 N–H and O–H groups in total. The van der Waals surface area contributed by atoms with Gasteiger partial charge in [0.05, 0.1) is 22.6 Å². The van der Waals surface area contributed by atoms with Gasteiger partial charge in [0.25, 0.3) is 0 Å². The number of hydrogen-bond acceptors (Lipinski definition) is 6. The lowest BCUT2D eigenvalue weighted by Gasteiger charge is -2.46. The first-order chi connectivity index (χ1) is 16.8. The Kier molecular flexibility index (Phi) is 5.32. The van der Waals surface area contributed by atoms with Crippen LogP contribution in [0.5, 0.6) is 0 Å². The minimum absolute atomic E-state index is 0.0410. The van der Waals surface area contributed by atoms with Gasteiger partial charge in [-0.3, -0.25) is 0 Å². The molecule has 1 atom stereocenters. The Morgan fingerprint density at radius 1 is 1.17 bits per heavy atom. The number of rotatable bonds is 3. The van der Waals surface area contributed by atoms with Gasteiger partial charge >= 0.3 is 6.09 Å². The van der Waals surface area contributed by atoms with Crippen LogP contribution in [0, 0.1) is 26.2 Å². The van der Waals surface area contributed by atoms with Crippen LogP contribution in [0.15, 0.2) is 23.7 Å². The number of likely N-dealkylation sites (tertiary alicyclic amines) is 1. The Bertz CT molecular complexity index is 1310. The highest BCUT2D eigenvalue weighted by atomic mass is 32.1. The molecule has 3 aliphatic rings. The Labute approximate surface area is 209 Å². The number of fused-ring (bicyclic) bond motifs is 1. The average Bonchev–Trinajstić information content (AvgIpc) is 3.46. The lowest BCUT2D eigenvalue weighted by atomic mass is 9.79. The number of hydrogen-bond donors (Lipinski definition) is 1. The third-order valence-corrected chi connectivity index (χ3v) is 9.41. The summed E-state index contributed by atoms with van der Waals surface area (Å²) in [6, 6.07) is 6.47. The van der Waals surface area contributed by atoms with Crippen molar-refractivity contribution >= 4 is 23.4 Å². The summed E-state index contributed by atoms with van der Waals surface area (Å²) in [5.41, 5.74) is 10.4. The Morgan fingerprint density at radius 3 is 2.74 bits per heavy atom. The summed E-state index contributed by atoms with van der Waals surface area (Å²) in [6.45, 7) is 9.36. The van der Waals surface area contributed by atoms with Gasteiger partial charge in [-0.2, -0.15) is 0 Å². The van der Waals surface area contributed by atoms with Gasteiger partial charge in [0, 0.05) is 53.5 Å². The number of carbonyl (C=O) groups is 1. The molecule has 4 heterocycles. The summed E-state index contributed by atoms with van der Waals surface area (Å²) in [7, 11) is 0. The lowest BCUT2D eigenvalue weighted by Crippen LogP contribution is -2.59. The molecule has 1 amide bonds. The first-order valence-electron chi connectivity index (χ1n) is 12.4. The number of aromatic nitrogens is 3. The van der Waals surface area contributed by atoms with E-state index < -0.39 is 6.09 Å². The third-order valence-electron chi connectivity index (χ3n) is 8.32. The quantitative estimate of drug-likeness (QED) is 0.558. The van der Waals surface area contributed by atoms with E-state index in [0.29, 0.717) is 19.0 Å². The van der Waals surface area contributed by atoms with Gasteiger partial charge < -0.3 is 14.9 Å². The van der Waals surface area contributed by atoms with E-state index in [1.165, 1.54) is 32.0 Å². The zero-order chi connectivity index (χ0) is 24.3. The van der Waals surface area contributed by atoms with Gasteiger partial charge in [-0.05, 0) is 57.6 Å². The standard InChI is InChI=1S/C27H31N5O2S/c1-16-5-4-6-20(17(16)2)23-21-8-7-19(24-18(3)28-15-35-24)11-22(21)29-25(30-23)31-10-9-27(12-31)13-32(14-27)26(33)34/h4-6,15,19H,7-14H2,1-3H3,(H,33,34)/t19-/m1/s1. The molecule has 7 nitrogen and oxygen atoms in total. The fourth-order valence-electron chi connectivity index (χ4n) is 6.16. The summed E-state index contributed by atoms with van der Waals surface area (Å²) in [5.74, 6) is 1.25. The highest BCUT2D eigenvalue weighted by Gasteiger charge is 2.50. The normalized spacial score (nSPS) is 20.7. The van der Waals surface area contributed by atoms with Gasteiger partial charge in [-0.25, -0.2) is 19.7 Å². The largest absolute Gasteiger partial charge is 0.465 e. The molecule has 2 aliphatic heterocycles. The molecule has 0 saturated carbocycles. The van der Waals surface area contributed by atoms with Gasteiger partial charge in [-0.1, -0.05) is 18.2 Å². The number of aryl methyl sites for hydroxylation is 2. The van der Waals surface area contributed by atoms with Crippen LogP contribution >= 0.6 is 11.3 Å². The smallest absolute Gasteiger partial charge is 0.407 e.